The summed E-state index contributed by atoms with van der Waals surface area (Å²) < 4.78 is 133. The first-order valence-corrected chi connectivity index (χ1v) is 27.3. The highest BCUT2D eigenvalue weighted by atomic mass is 32.2. The normalized spacial score (nSPS) is 18.6. The maximum Gasteiger partial charge on any atom is 0.341 e. The van der Waals surface area contributed by atoms with Gasteiger partial charge in [-0.25, -0.2) is 10.0 Å². The van der Waals surface area contributed by atoms with Crippen LogP contribution in [0.4, 0.5) is 22.7 Å². The summed E-state index contributed by atoms with van der Waals surface area (Å²) in [5.41, 5.74) is 21.1. The first kappa shape index (κ1) is 51.8. The Hall–Kier alpha value is -7.56. The number of benzene rings is 6. The summed E-state index contributed by atoms with van der Waals surface area (Å²) in [6.45, 7) is 7.17. The van der Waals surface area contributed by atoms with Crippen molar-refractivity contribution in [2.24, 2.45) is 31.9 Å². The molecule has 0 fully saturated rings. The van der Waals surface area contributed by atoms with Gasteiger partial charge in [0.15, 0.2) is 0 Å². The van der Waals surface area contributed by atoms with E-state index >= 15 is 0 Å². The van der Waals surface area contributed by atoms with E-state index in [1.54, 1.807) is 50.2 Å². The minimum absolute atomic E-state index is 0.0188. The van der Waals surface area contributed by atoms with Crippen LogP contribution in [0.25, 0.3) is 0 Å². The van der Waals surface area contributed by atoms with Gasteiger partial charge in [-0.3, -0.25) is 31.4 Å². The smallest absolute Gasteiger partial charge is 0.341 e. The predicted molar refractivity (Wildman–Crippen MR) is 268 cm³/mol. The second-order valence-corrected chi connectivity index (χ2v) is 23.0. The summed E-state index contributed by atoms with van der Waals surface area (Å²) in [6.07, 6.45) is 2.97. The van der Waals surface area contributed by atoms with Crippen molar-refractivity contribution in [2.45, 2.75) is 64.3 Å². The van der Waals surface area contributed by atoms with Gasteiger partial charge in [0.25, 0.3) is 20.2 Å². The molecule has 2 heterocycles. The molecule has 8 rings (SSSR count). The molecule has 0 bridgehead atoms. The van der Waals surface area contributed by atoms with Crippen molar-refractivity contribution < 1.29 is 51.1 Å². The molecular weight excluding hydrogens is 1020 g/mol. The fourth-order valence-corrected chi connectivity index (χ4v) is 10.9. The van der Waals surface area contributed by atoms with Crippen LogP contribution >= 0.6 is 0 Å². The lowest BCUT2D eigenvalue weighted by atomic mass is 9.78. The molecule has 0 amide bonds. The van der Waals surface area contributed by atoms with Gasteiger partial charge in [0, 0.05) is 29.0 Å². The Labute approximate surface area is 421 Å². The monoisotopic (exact) mass is 1070 g/mol. The standard InChI is InChI=1S/C47H46N10O12S4/c1-31-29-46(48,56(52-31)35-11-9-13-39(27-35)70(58,59)60)54-50-41-15-5-7-17-43(41)72(64,65)68-37-23-19-33(20-24-37)45(3,4)34-21-25-38(26-22-34)69-73(66,67)44-18-8-6-16-42(44)51-55-47(49)30-32(2)53-57(47)36-12-10-14-40(28-36)71(61,62)63/h5-30,52-53H,48-49H2,1-4H3,(H,58,59,60)(H,61,62,63). The highest BCUT2D eigenvalue weighted by Gasteiger charge is 2.39. The minimum atomic E-state index is -4.55. The van der Waals surface area contributed by atoms with Gasteiger partial charge in [-0.2, -0.15) is 43.9 Å². The van der Waals surface area contributed by atoms with Crippen LogP contribution in [0.15, 0.2) is 209 Å². The molecule has 2 unspecified atom stereocenters. The number of nitrogens with zero attached hydrogens (tertiary/aromatic N) is 6. The van der Waals surface area contributed by atoms with Gasteiger partial charge in [-0.1, -0.05) is 74.5 Å². The molecule has 2 aliphatic rings. The molecule has 8 N–H and O–H groups in total. The quantitative estimate of drug-likeness (QED) is 0.0315. The van der Waals surface area contributed by atoms with E-state index in [0.717, 1.165) is 11.1 Å². The maximum absolute atomic E-state index is 13.7. The lowest BCUT2D eigenvalue weighted by Gasteiger charge is -2.31. The van der Waals surface area contributed by atoms with Gasteiger partial charge < -0.3 is 8.37 Å². The Bertz CT molecular complexity index is 3480. The summed E-state index contributed by atoms with van der Waals surface area (Å²) in [7, 11) is -18.2. The van der Waals surface area contributed by atoms with Crippen molar-refractivity contribution in [3.8, 4) is 11.5 Å². The van der Waals surface area contributed by atoms with Crippen LogP contribution in [0.5, 0.6) is 11.5 Å². The summed E-state index contributed by atoms with van der Waals surface area (Å²) in [6, 6.07) is 34.6. The lowest BCUT2D eigenvalue weighted by Crippen LogP contribution is -2.54. The topological polar surface area (TPSA) is 328 Å². The number of allylic oxidation sites excluding steroid dienone is 2. The van der Waals surface area contributed by atoms with Crippen LogP contribution in [-0.2, 0) is 45.9 Å². The molecular formula is C47H46N10O12S4. The van der Waals surface area contributed by atoms with E-state index in [1.165, 1.54) is 131 Å². The second-order valence-electron chi connectivity index (χ2n) is 17.1. The fraction of sp³-hybridized carbons (Fsp3) is 0.149. The summed E-state index contributed by atoms with van der Waals surface area (Å²) in [4.78, 5) is -1.44. The van der Waals surface area contributed by atoms with Crippen molar-refractivity contribution in [1.82, 2.24) is 10.9 Å². The zero-order valence-corrected chi connectivity index (χ0v) is 42.2. The van der Waals surface area contributed by atoms with E-state index in [1.807, 2.05) is 13.8 Å². The van der Waals surface area contributed by atoms with E-state index < -0.39 is 57.5 Å². The zero-order chi connectivity index (χ0) is 52.8. The SMILES string of the molecule is CC1=CC(N)(N=Nc2ccccc2S(=O)(=O)Oc2ccc(C(C)(C)c3ccc(OS(=O)(=O)c4ccccc4N=NC4(N)C=C(C)NN4c4cccc(S(=O)(=O)O)c4)cc3)cc2)N(c2cccc(S(=O)(=O)O)c2)N1. The molecule has 26 heteroatoms. The first-order chi connectivity index (χ1) is 34.2. The molecule has 0 spiro atoms. The van der Waals surface area contributed by atoms with Gasteiger partial charge in [0.1, 0.15) is 32.7 Å². The van der Waals surface area contributed by atoms with E-state index in [9.17, 15) is 42.8 Å². The Morgan fingerprint density at radius 3 is 1.23 bits per heavy atom. The summed E-state index contributed by atoms with van der Waals surface area (Å²) >= 11 is 0. The molecule has 2 atom stereocenters. The van der Waals surface area contributed by atoms with E-state index in [4.69, 9.17) is 19.8 Å². The van der Waals surface area contributed by atoms with E-state index in [0.29, 0.717) is 11.4 Å². The number of nitrogens with one attached hydrogen (secondary N) is 2. The first-order valence-electron chi connectivity index (χ1n) is 21.6. The number of azo groups is 2. The molecule has 380 valence electrons. The molecule has 0 aromatic heterocycles. The van der Waals surface area contributed by atoms with Crippen molar-refractivity contribution in [3.63, 3.8) is 0 Å². The largest absolute Gasteiger partial charge is 0.379 e. The lowest BCUT2D eigenvalue weighted by molar-refractivity contribution is 0.478. The van der Waals surface area contributed by atoms with Crippen LogP contribution in [0.3, 0.4) is 0 Å². The number of hydrogen-bond acceptors (Lipinski definition) is 20. The van der Waals surface area contributed by atoms with Gasteiger partial charge >= 0.3 is 20.2 Å². The molecule has 0 saturated heterocycles. The fourth-order valence-electron chi connectivity index (χ4n) is 7.75. The van der Waals surface area contributed by atoms with Crippen LogP contribution in [0, 0.1) is 0 Å². The number of anilines is 2. The van der Waals surface area contributed by atoms with Gasteiger partial charge in [-0.05, 0) is 110 Å². The van der Waals surface area contributed by atoms with Gasteiger partial charge in [-0.15, -0.1) is 10.2 Å². The minimum Gasteiger partial charge on any atom is -0.379 e. The second kappa shape index (κ2) is 19.1. The summed E-state index contributed by atoms with van der Waals surface area (Å²) in [5.74, 6) is -3.58. The molecule has 22 nitrogen and oxygen atoms in total. The molecule has 2 aliphatic heterocycles. The third-order valence-electron chi connectivity index (χ3n) is 11.4. The van der Waals surface area contributed by atoms with Crippen molar-refractivity contribution >= 4 is 63.2 Å². The maximum atomic E-state index is 13.7. The number of rotatable bonds is 16. The molecule has 0 radical (unpaired) electrons. The van der Waals surface area contributed by atoms with Crippen molar-refractivity contribution in [2.75, 3.05) is 10.0 Å². The van der Waals surface area contributed by atoms with Crippen LogP contribution < -0.4 is 40.7 Å². The molecule has 0 aliphatic carbocycles. The van der Waals surface area contributed by atoms with E-state index in [2.05, 4.69) is 31.3 Å². The molecule has 6 aromatic carbocycles. The van der Waals surface area contributed by atoms with Gasteiger partial charge in [0.05, 0.1) is 21.2 Å². The zero-order valence-electron chi connectivity index (χ0n) is 39.0. The molecule has 73 heavy (non-hydrogen) atoms. The average molecular weight is 1070 g/mol. The average Bonchev–Trinajstić information content (AvgIpc) is 3.82. The molecule has 0 saturated carbocycles. The van der Waals surface area contributed by atoms with Crippen LogP contribution in [-0.4, -0.2) is 54.4 Å². The number of hydrazine groups is 2. The Morgan fingerprint density at radius 2 is 0.877 bits per heavy atom. The van der Waals surface area contributed by atoms with Crippen LogP contribution in [0.2, 0.25) is 0 Å². The third-order valence-corrected chi connectivity index (χ3v) is 15.7. The van der Waals surface area contributed by atoms with Crippen LogP contribution in [0.1, 0.15) is 38.8 Å². The highest BCUT2D eigenvalue weighted by Crippen LogP contribution is 2.37. The van der Waals surface area contributed by atoms with Gasteiger partial charge in [0.2, 0.25) is 11.6 Å². The van der Waals surface area contributed by atoms with Crippen molar-refractivity contribution in [1.29, 1.82) is 0 Å². The number of hydrogen-bond donors (Lipinski definition) is 6. The Balaban J connectivity index is 0.951. The Kier molecular flexibility index (Phi) is 13.6. The van der Waals surface area contributed by atoms with Crippen molar-refractivity contribution in [3.05, 3.63) is 180 Å². The third kappa shape index (κ3) is 11.1. The Morgan fingerprint density at radius 1 is 0.521 bits per heavy atom. The summed E-state index contributed by atoms with van der Waals surface area (Å²) in [5, 5.41) is 19.4. The molecule has 6 aromatic rings. The van der Waals surface area contributed by atoms with E-state index in [-0.39, 0.29) is 53.8 Å². The predicted octanol–water partition coefficient (Wildman–Crippen LogP) is 7.29. The number of nitrogens with two attached hydrogens (primary N) is 2. The highest BCUT2D eigenvalue weighted by molar-refractivity contribution is 7.87.